The first-order valence-electron chi connectivity index (χ1n) is 7.20. The Labute approximate surface area is 144 Å². The zero-order chi connectivity index (χ0) is 18.1. The highest BCUT2D eigenvalue weighted by molar-refractivity contribution is 5.92. The van der Waals surface area contributed by atoms with Gasteiger partial charge in [0.2, 0.25) is 11.2 Å². The van der Waals surface area contributed by atoms with Crippen LogP contribution in [0.5, 0.6) is 0 Å². The summed E-state index contributed by atoms with van der Waals surface area (Å²) >= 11 is 0. The highest BCUT2D eigenvalue weighted by atomic mass is 16.5. The molecule has 0 heterocycles. The molecule has 0 saturated heterocycles. The molecule has 0 radical (unpaired) electrons. The van der Waals surface area contributed by atoms with Crippen LogP contribution in [0.2, 0.25) is 0 Å². The van der Waals surface area contributed by atoms with Crippen LogP contribution < -0.4 is 0 Å². The summed E-state index contributed by atoms with van der Waals surface area (Å²) < 4.78 is 0. The highest BCUT2D eigenvalue weighted by Crippen LogP contribution is 2.41. The van der Waals surface area contributed by atoms with E-state index < -0.39 is 23.1 Å². The lowest BCUT2D eigenvalue weighted by Crippen LogP contribution is -2.59. The third-order valence-electron chi connectivity index (χ3n) is 4.08. The molecule has 0 unspecified atom stereocenters. The average Bonchev–Trinajstić information content (AvgIpc) is 2.54. The first-order valence-corrected chi connectivity index (χ1v) is 7.20. The fraction of sp³-hybridized carbons (Fsp3) is 0.222. The Morgan fingerprint density at radius 3 is 1.12 bits per heavy atom. The number of rotatable bonds is 5. The number of benzene rings is 2. The molecule has 7 nitrogen and oxygen atoms in total. The van der Waals surface area contributed by atoms with Crippen molar-refractivity contribution < 1.29 is 35.5 Å². The van der Waals surface area contributed by atoms with Crippen molar-refractivity contribution in [3.05, 3.63) is 70.8 Å². The van der Waals surface area contributed by atoms with Crippen LogP contribution in [0.15, 0.2) is 48.5 Å². The van der Waals surface area contributed by atoms with E-state index in [2.05, 4.69) is 0 Å². The van der Waals surface area contributed by atoms with E-state index in [4.69, 9.17) is 0 Å². The Bertz CT molecular complexity index is 700. The zero-order valence-corrected chi connectivity index (χ0v) is 13.7. The van der Waals surface area contributed by atoms with Gasteiger partial charge in [-0.1, -0.05) is 59.7 Å². The van der Waals surface area contributed by atoms with Crippen molar-refractivity contribution in [1.82, 2.24) is 0 Å². The summed E-state index contributed by atoms with van der Waals surface area (Å²) in [6, 6.07) is 11.2. The Kier molecular flexibility index (Phi) is 5.70. The molecule has 0 fully saturated rings. The molecule has 0 bridgehead atoms. The molecule has 134 valence electrons. The van der Waals surface area contributed by atoms with E-state index in [1.807, 2.05) is 0 Å². The van der Waals surface area contributed by atoms with Crippen LogP contribution in [0.3, 0.4) is 0 Å². The van der Waals surface area contributed by atoms with E-state index in [-0.39, 0.29) is 16.6 Å². The molecule has 6 N–H and O–H groups in total. The first kappa shape index (κ1) is 20.3. The first-order chi connectivity index (χ1) is 11.1. The van der Waals surface area contributed by atoms with E-state index in [1.54, 1.807) is 13.8 Å². The molecule has 2 aromatic carbocycles. The largest absolute Gasteiger partial charge is 0.479 e. The third-order valence-corrected chi connectivity index (χ3v) is 4.08. The van der Waals surface area contributed by atoms with Gasteiger partial charge in [0.1, 0.15) is 0 Å². The lowest BCUT2D eigenvalue weighted by atomic mass is 9.73. The third kappa shape index (κ3) is 3.12. The fourth-order valence-corrected chi connectivity index (χ4v) is 2.56. The van der Waals surface area contributed by atoms with E-state index in [0.29, 0.717) is 0 Å². The average molecular weight is 348 g/mol. The van der Waals surface area contributed by atoms with Crippen LogP contribution in [0, 0.1) is 13.8 Å². The molecule has 2 aromatic rings. The Balaban J connectivity index is 0.00000312. The normalized spacial score (nSPS) is 15.4. The fourth-order valence-electron chi connectivity index (χ4n) is 2.56. The maximum absolute atomic E-state index is 11.8. The lowest BCUT2D eigenvalue weighted by molar-refractivity contribution is -0.213. The summed E-state index contributed by atoms with van der Waals surface area (Å²) in [7, 11) is 0. The minimum Gasteiger partial charge on any atom is -0.479 e. The number of carboxylic acid groups (broad SMARTS) is 2. The van der Waals surface area contributed by atoms with E-state index in [0.717, 1.165) is 11.1 Å². The number of aliphatic carboxylic acids is 2. The summed E-state index contributed by atoms with van der Waals surface area (Å²) in [5, 5.41) is 40.8. The second kappa shape index (κ2) is 7.02. The van der Waals surface area contributed by atoms with Gasteiger partial charge in [0, 0.05) is 0 Å². The van der Waals surface area contributed by atoms with Gasteiger partial charge in [0.15, 0.2) is 0 Å². The van der Waals surface area contributed by atoms with Crippen LogP contribution in [-0.4, -0.2) is 37.8 Å². The minimum atomic E-state index is -3.07. The molecule has 7 heteroatoms. The number of carbonyl (C=O) groups is 2. The molecule has 0 aliphatic heterocycles. The van der Waals surface area contributed by atoms with Crippen molar-refractivity contribution >= 4 is 11.9 Å². The molecule has 0 amide bonds. The molecule has 2 atom stereocenters. The molecule has 0 spiro atoms. The summed E-state index contributed by atoms with van der Waals surface area (Å²) in [5.74, 6) is -3.73. The molecule has 2 rings (SSSR count). The van der Waals surface area contributed by atoms with Gasteiger partial charge in [0.05, 0.1) is 0 Å². The van der Waals surface area contributed by atoms with Crippen LogP contribution in [0.25, 0.3) is 0 Å². The highest BCUT2D eigenvalue weighted by Gasteiger charge is 2.63. The maximum Gasteiger partial charge on any atom is 0.344 e. The molecular weight excluding hydrogens is 328 g/mol. The standard InChI is InChI=1S/C18H18O6.H2O/c1-11-3-7-13(8-4-11)17(23,15(19)20)18(24,16(21)22)14-9-5-12(2)6-10-14;/h3-10,23-24H,1-2H3,(H,19,20)(H,21,22);1H2/t17-,18-;/m1./s1. The van der Waals surface area contributed by atoms with Crippen LogP contribution in [0.1, 0.15) is 22.3 Å². The summed E-state index contributed by atoms with van der Waals surface area (Å²) in [6.45, 7) is 3.51. The Hall–Kier alpha value is -2.74. The molecule has 0 aliphatic carbocycles. The molecule has 0 saturated carbocycles. The van der Waals surface area contributed by atoms with Gasteiger partial charge in [0.25, 0.3) is 0 Å². The van der Waals surface area contributed by atoms with Crippen LogP contribution >= 0.6 is 0 Å². The summed E-state index contributed by atoms with van der Waals surface area (Å²) in [4.78, 5) is 23.6. The monoisotopic (exact) mass is 348 g/mol. The molecular formula is C18H20O7. The van der Waals surface area contributed by atoms with Crippen molar-refractivity contribution in [2.75, 3.05) is 0 Å². The van der Waals surface area contributed by atoms with Crippen molar-refractivity contribution in [1.29, 1.82) is 0 Å². The minimum absolute atomic E-state index is 0. The van der Waals surface area contributed by atoms with Crippen molar-refractivity contribution in [3.63, 3.8) is 0 Å². The number of hydrogen-bond donors (Lipinski definition) is 4. The van der Waals surface area contributed by atoms with E-state index in [1.165, 1.54) is 48.5 Å². The molecule has 0 aliphatic rings. The van der Waals surface area contributed by atoms with Crippen molar-refractivity contribution in [3.8, 4) is 0 Å². The maximum atomic E-state index is 11.8. The SMILES string of the molecule is Cc1ccc([C@@](O)(C(=O)O)[C@](O)(C(=O)O)c2ccc(C)cc2)cc1.O. The molecule has 0 aromatic heterocycles. The van der Waals surface area contributed by atoms with Crippen LogP contribution in [0.4, 0.5) is 0 Å². The lowest BCUT2D eigenvalue weighted by Gasteiger charge is -2.37. The quantitative estimate of drug-likeness (QED) is 0.626. The Morgan fingerprint density at radius 1 is 0.680 bits per heavy atom. The topological polar surface area (TPSA) is 147 Å². The van der Waals surface area contributed by atoms with Crippen LogP contribution in [-0.2, 0) is 20.8 Å². The number of aliphatic hydroxyl groups is 2. The molecule has 25 heavy (non-hydrogen) atoms. The smallest absolute Gasteiger partial charge is 0.344 e. The van der Waals surface area contributed by atoms with Gasteiger partial charge in [-0.25, -0.2) is 9.59 Å². The van der Waals surface area contributed by atoms with Crippen molar-refractivity contribution in [2.45, 2.75) is 25.0 Å². The second-order valence-electron chi connectivity index (χ2n) is 5.76. The second-order valence-corrected chi connectivity index (χ2v) is 5.76. The van der Waals surface area contributed by atoms with Gasteiger partial charge < -0.3 is 25.9 Å². The van der Waals surface area contributed by atoms with Gasteiger partial charge in [-0.15, -0.1) is 0 Å². The number of carboxylic acids is 2. The van der Waals surface area contributed by atoms with E-state index >= 15 is 0 Å². The summed E-state index contributed by atoms with van der Waals surface area (Å²) in [6.07, 6.45) is 0. The van der Waals surface area contributed by atoms with E-state index in [9.17, 15) is 30.0 Å². The van der Waals surface area contributed by atoms with Gasteiger partial charge in [-0.3, -0.25) is 0 Å². The predicted octanol–water partition coefficient (Wildman–Crippen LogP) is 0.723. The summed E-state index contributed by atoms with van der Waals surface area (Å²) in [5.41, 5.74) is -5.01. The Morgan fingerprint density at radius 2 is 0.920 bits per heavy atom. The predicted molar refractivity (Wildman–Crippen MR) is 89.0 cm³/mol. The van der Waals surface area contributed by atoms with Crippen molar-refractivity contribution in [2.24, 2.45) is 0 Å². The van der Waals surface area contributed by atoms with Gasteiger partial charge in [-0.2, -0.15) is 0 Å². The zero-order valence-electron chi connectivity index (χ0n) is 13.7. The number of hydrogen-bond acceptors (Lipinski definition) is 4. The van der Waals surface area contributed by atoms with Gasteiger partial charge >= 0.3 is 11.9 Å². The van der Waals surface area contributed by atoms with Gasteiger partial charge in [-0.05, 0) is 25.0 Å². The number of aryl methyl sites for hydroxylation is 2.